The summed E-state index contributed by atoms with van der Waals surface area (Å²) in [4.78, 5) is 50.8. The zero-order chi connectivity index (χ0) is 24.4. The van der Waals surface area contributed by atoms with Gasteiger partial charge in [0.1, 0.15) is 22.8 Å². The number of phenols is 1. The Morgan fingerprint density at radius 1 is 1.24 bits per heavy atom. The third kappa shape index (κ3) is 3.19. The molecule has 34 heavy (non-hydrogen) atoms. The first kappa shape index (κ1) is 25.2. The van der Waals surface area contributed by atoms with E-state index in [1.54, 1.807) is 6.07 Å². The number of carbonyl (C=O) groups excluding carboxylic acids is 4. The highest BCUT2D eigenvalue weighted by Gasteiger charge is 2.64. The number of halogens is 1. The molecule has 0 spiro atoms. The molecular weight excluding hydrogens is 470 g/mol. The van der Waals surface area contributed by atoms with Gasteiger partial charge in [0.25, 0.3) is 5.91 Å². The summed E-state index contributed by atoms with van der Waals surface area (Å²) in [6.45, 7) is 0. The lowest BCUT2D eigenvalue weighted by molar-refractivity contribution is -0.153. The van der Waals surface area contributed by atoms with Crippen LogP contribution in [0.25, 0.3) is 5.76 Å². The molecule has 0 radical (unpaired) electrons. The number of fused-ring (bicyclic) bond motifs is 3. The summed E-state index contributed by atoms with van der Waals surface area (Å²) in [5.41, 5.74) is 1.89. The van der Waals surface area contributed by atoms with Gasteiger partial charge in [0.15, 0.2) is 11.4 Å². The number of nitrogens with one attached hydrogen (secondary N) is 1. The molecule has 0 aromatic heterocycles. The van der Waals surface area contributed by atoms with Gasteiger partial charge in [-0.3, -0.25) is 24.1 Å². The molecule has 12 heteroatoms. The van der Waals surface area contributed by atoms with Gasteiger partial charge in [0.2, 0.25) is 12.2 Å². The van der Waals surface area contributed by atoms with E-state index in [1.165, 1.54) is 25.1 Å². The van der Waals surface area contributed by atoms with E-state index in [1.807, 2.05) is 0 Å². The van der Waals surface area contributed by atoms with E-state index >= 15 is 0 Å². The standard InChI is InChI=1S/C22H23N3O8.ClH/c1-25(2)15-10-6-9-5-8-3-4-11(24-7-26)16(27)12(8)17(28)13(9)19(30)22(10,33)20(31)14(18(15)29)21(23)32;/h3-4,7,9-10,15,27-28,31,33H,5-6H2,1-2H3,(H2,23,32)(H,24,26);1H/t9?,10?,15-,22?;/m0./s1. The van der Waals surface area contributed by atoms with Crippen LogP contribution >= 0.6 is 12.4 Å². The summed E-state index contributed by atoms with van der Waals surface area (Å²) in [7, 11) is 3.07. The lowest BCUT2D eigenvalue weighted by atomic mass is 9.57. The van der Waals surface area contributed by atoms with Crippen LogP contribution in [0.15, 0.2) is 29.0 Å². The molecule has 1 fully saturated rings. The predicted octanol–water partition coefficient (Wildman–Crippen LogP) is -0.0459. The van der Waals surface area contributed by atoms with Crippen molar-refractivity contribution in [2.24, 2.45) is 17.6 Å². The van der Waals surface area contributed by atoms with Crippen molar-refractivity contribution in [3.05, 3.63) is 40.2 Å². The Morgan fingerprint density at radius 3 is 2.44 bits per heavy atom. The van der Waals surface area contributed by atoms with Gasteiger partial charge < -0.3 is 31.5 Å². The Labute approximate surface area is 199 Å². The highest BCUT2D eigenvalue weighted by atomic mass is 35.5. The molecule has 7 N–H and O–H groups in total. The van der Waals surface area contributed by atoms with Gasteiger partial charge in [-0.15, -0.1) is 12.4 Å². The minimum atomic E-state index is -2.68. The third-order valence-corrected chi connectivity index (χ3v) is 6.81. The molecule has 4 rings (SSSR count). The molecule has 182 valence electrons. The molecule has 4 atom stereocenters. The number of carbonyl (C=O) groups is 4. The van der Waals surface area contributed by atoms with E-state index in [0.717, 1.165) is 0 Å². The van der Waals surface area contributed by atoms with Crippen LogP contribution in [-0.4, -0.2) is 74.9 Å². The monoisotopic (exact) mass is 493 g/mol. The van der Waals surface area contributed by atoms with Gasteiger partial charge in [-0.25, -0.2) is 0 Å². The number of hydrogen-bond acceptors (Lipinski definition) is 9. The second-order valence-corrected chi connectivity index (χ2v) is 8.72. The van der Waals surface area contributed by atoms with E-state index in [0.29, 0.717) is 12.0 Å². The van der Waals surface area contributed by atoms with Gasteiger partial charge >= 0.3 is 0 Å². The number of rotatable bonds is 4. The van der Waals surface area contributed by atoms with E-state index in [2.05, 4.69) is 5.32 Å². The number of primary amides is 1. The Hall–Kier alpha value is -3.41. The number of Topliss-reactive ketones (excluding diaryl/α,β-unsaturated/α-hetero) is 2. The van der Waals surface area contributed by atoms with Crippen molar-refractivity contribution in [3.63, 3.8) is 0 Å². The first-order valence-electron chi connectivity index (χ1n) is 10.2. The lowest BCUT2D eigenvalue weighted by Gasteiger charge is -2.50. The second kappa shape index (κ2) is 8.42. The average molecular weight is 494 g/mol. The van der Waals surface area contributed by atoms with Gasteiger partial charge in [-0.1, -0.05) is 6.07 Å². The zero-order valence-electron chi connectivity index (χ0n) is 18.2. The second-order valence-electron chi connectivity index (χ2n) is 8.72. The molecule has 3 aliphatic carbocycles. The quantitative estimate of drug-likeness (QED) is 0.190. The molecule has 3 aliphatic rings. The van der Waals surface area contributed by atoms with E-state index in [-0.39, 0.29) is 42.1 Å². The van der Waals surface area contributed by atoms with Gasteiger partial charge in [0.05, 0.1) is 17.3 Å². The van der Waals surface area contributed by atoms with Crippen molar-refractivity contribution in [2.75, 3.05) is 19.4 Å². The number of anilines is 1. The summed E-state index contributed by atoms with van der Waals surface area (Å²) in [5, 5.41) is 46.1. The number of benzene rings is 1. The van der Waals surface area contributed by atoms with Crippen LogP contribution in [-0.2, 0) is 25.6 Å². The summed E-state index contributed by atoms with van der Waals surface area (Å²) in [5.74, 6) is -7.16. The molecular formula is C22H24ClN3O8. The van der Waals surface area contributed by atoms with E-state index in [4.69, 9.17) is 5.73 Å². The fourth-order valence-corrected chi connectivity index (χ4v) is 5.40. The summed E-state index contributed by atoms with van der Waals surface area (Å²) < 4.78 is 0. The normalized spacial score (nSPS) is 28.1. The van der Waals surface area contributed by atoms with Crippen molar-refractivity contribution >= 4 is 47.7 Å². The zero-order valence-corrected chi connectivity index (χ0v) is 19.0. The number of hydrogen-bond donors (Lipinski definition) is 6. The van der Waals surface area contributed by atoms with Crippen LogP contribution in [0.5, 0.6) is 5.75 Å². The topological polar surface area (TPSA) is 190 Å². The van der Waals surface area contributed by atoms with E-state index in [9.17, 15) is 39.6 Å². The Bertz CT molecular complexity index is 1190. The first-order valence-corrected chi connectivity index (χ1v) is 10.2. The number of ketones is 2. The van der Waals surface area contributed by atoms with Gasteiger partial charge in [0, 0.05) is 11.5 Å². The van der Waals surface area contributed by atoms with Crippen LogP contribution in [0, 0.1) is 11.8 Å². The van der Waals surface area contributed by atoms with Crippen molar-refractivity contribution in [3.8, 4) is 5.75 Å². The van der Waals surface area contributed by atoms with Crippen LogP contribution in [0.3, 0.4) is 0 Å². The molecule has 1 aromatic carbocycles. The number of likely N-dealkylation sites (N-methyl/N-ethyl adjacent to an activating group) is 1. The van der Waals surface area contributed by atoms with Gasteiger partial charge in [-0.2, -0.15) is 0 Å². The number of amides is 2. The minimum Gasteiger partial charge on any atom is -0.508 e. The fourth-order valence-electron chi connectivity index (χ4n) is 5.40. The number of nitrogens with two attached hydrogens (primary N) is 1. The molecule has 0 bridgehead atoms. The third-order valence-electron chi connectivity index (χ3n) is 6.81. The smallest absolute Gasteiger partial charge is 0.255 e. The number of aromatic hydroxyl groups is 1. The SMILES string of the molecule is CN(C)[C@@H]1C(=O)C(C(N)=O)=C(O)C2(O)C(=O)C3=C(O)c4c(ccc(NC=O)c4O)CC3CC12.Cl. The lowest BCUT2D eigenvalue weighted by Crippen LogP contribution is -2.65. The Balaban J connectivity index is 0.00000324. The molecule has 2 amide bonds. The largest absolute Gasteiger partial charge is 0.508 e. The molecule has 3 unspecified atom stereocenters. The maximum Gasteiger partial charge on any atom is 0.255 e. The number of phenolic OH excluding ortho intramolecular Hbond substituents is 1. The summed E-state index contributed by atoms with van der Waals surface area (Å²) in [6.07, 6.45) is 0.537. The predicted molar refractivity (Wildman–Crippen MR) is 121 cm³/mol. The Morgan fingerprint density at radius 2 is 1.88 bits per heavy atom. The van der Waals surface area contributed by atoms with Crippen LogP contribution < -0.4 is 11.1 Å². The summed E-state index contributed by atoms with van der Waals surface area (Å²) in [6, 6.07) is 1.90. The highest BCUT2D eigenvalue weighted by Crippen LogP contribution is 2.53. The van der Waals surface area contributed by atoms with Crippen LogP contribution in [0.4, 0.5) is 5.69 Å². The van der Waals surface area contributed by atoms with Crippen molar-refractivity contribution in [1.82, 2.24) is 4.90 Å². The Kier molecular flexibility index (Phi) is 6.25. The molecule has 0 heterocycles. The molecule has 11 nitrogen and oxygen atoms in total. The molecule has 0 aliphatic heterocycles. The first-order chi connectivity index (χ1) is 15.5. The number of aliphatic hydroxyl groups excluding tert-OH is 2. The fraction of sp³-hybridized carbons (Fsp3) is 0.364. The number of aliphatic hydroxyl groups is 3. The van der Waals surface area contributed by atoms with Crippen molar-refractivity contribution < 1.29 is 39.6 Å². The van der Waals surface area contributed by atoms with Crippen LogP contribution in [0.1, 0.15) is 17.5 Å². The number of nitrogens with zero attached hydrogens (tertiary/aromatic N) is 1. The maximum absolute atomic E-state index is 13.6. The minimum absolute atomic E-state index is 0. The molecule has 1 aromatic rings. The van der Waals surface area contributed by atoms with Crippen LogP contribution in [0.2, 0.25) is 0 Å². The average Bonchev–Trinajstić information content (AvgIpc) is 2.72. The van der Waals surface area contributed by atoms with Crippen molar-refractivity contribution in [1.29, 1.82) is 0 Å². The van der Waals surface area contributed by atoms with E-state index < -0.39 is 63.8 Å². The molecule has 0 saturated heterocycles. The molecule has 1 saturated carbocycles. The van der Waals surface area contributed by atoms with Gasteiger partial charge in [-0.05, 0) is 44.5 Å². The highest BCUT2D eigenvalue weighted by molar-refractivity contribution is 6.24. The van der Waals surface area contributed by atoms with Crippen molar-refractivity contribution in [2.45, 2.75) is 24.5 Å². The summed E-state index contributed by atoms with van der Waals surface area (Å²) >= 11 is 0. The maximum atomic E-state index is 13.6.